The van der Waals surface area contributed by atoms with E-state index in [-0.39, 0.29) is 17.2 Å². The Morgan fingerprint density at radius 2 is 2.09 bits per heavy atom. The number of hydrogen-bond acceptors (Lipinski definition) is 7. The van der Waals surface area contributed by atoms with Crippen molar-refractivity contribution in [2.24, 2.45) is 7.05 Å². The summed E-state index contributed by atoms with van der Waals surface area (Å²) in [6.07, 6.45) is 7.24. The van der Waals surface area contributed by atoms with Gasteiger partial charge in [0, 0.05) is 55.2 Å². The number of benzene rings is 1. The lowest BCUT2D eigenvalue weighted by atomic mass is 10.0. The first-order valence-corrected chi connectivity index (χ1v) is 10.3. The smallest absolute Gasteiger partial charge is 0.251 e. The van der Waals surface area contributed by atoms with Crippen LogP contribution in [0.4, 0.5) is 4.39 Å². The molecule has 1 saturated heterocycles. The van der Waals surface area contributed by atoms with Crippen LogP contribution in [0.1, 0.15) is 16.8 Å². The molecule has 0 bridgehead atoms. The maximum absolute atomic E-state index is 14.9. The SMILES string of the molecule is CNC(=O)c1cc(O)c(F)c(-c2cnn3cc(-c4cnn(C)c4)c(OC4CCOC4)nc23)c1. The van der Waals surface area contributed by atoms with Crippen LogP contribution < -0.4 is 10.1 Å². The molecule has 2 N–H and O–H groups in total. The number of aryl methyl sites for hydroxylation is 1. The minimum atomic E-state index is -0.873. The standard InChI is InChI=1S/C22H21FN6O4/c1-24-21(31)12-5-15(19(23)18(30)6-12)16-8-26-29-10-17(13-7-25-28(2)9-13)22(27-20(16)29)33-14-3-4-32-11-14/h5-10,14,30H,3-4,11H2,1-2H3,(H,24,31). The van der Waals surface area contributed by atoms with Gasteiger partial charge >= 0.3 is 0 Å². The molecule has 1 amide bonds. The number of halogens is 1. The van der Waals surface area contributed by atoms with Crippen molar-refractivity contribution in [1.29, 1.82) is 0 Å². The van der Waals surface area contributed by atoms with Crippen molar-refractivity contribution in [3.05, 3.63) is 48.3 Å². The van der Waals surface area contributed by atoms with E-state index in [0.29, 0.717) is 35.9 Å². The van der Waals surface area contributed by atoms with Crippen LogP contribution in [0.15, 0.2) is 36.9 Å². The van der Waals surface area contributed by atoms with Gasteiger partial charge in [0.2, 0.25) is 5.88 Å². The number of fused-ring (bicyclic) bond motifs is 1. The van der Waals surface area contributed by atoms with Gasteiger partial charge in [0.15, 0.2) is 17.2 Å². The van der Waals surface area contributed by atoms with Crippen LogP contribution in [-0.2, 0) is 11.8 Å². The van der Waals surface area contributed by atoms with Gasteiger partial charge in [-0.05, 0) is 12.1 Å². The van der Waals surface area contributed by atoms with Gasteiger partial charge < -0.3 is 19.9 Å². The number of ether oxygens (including phenoxy) is 2. The molecule has 4 heterocycles. The highest BCUT2D eigenvalue weighted by Crippen LogP contribution is 2.36. The van der Waals surface area contributed by atoms with E-state index in [1.807, 2.05) is 13.2 Å². The zero-order chi connectivity index (χ0) is 23.1. The summed E-state index contributed by atoms with van der Waals surface area (Å²) < 4.78 is 29.6. The number of rotatable bonds is 5. The molecule has 3 aromatic heterocycles. The fourth-order valence-electron chi connectivity index (χ4n) is 3.78. The van der Waals surface area contributed by atoms with E-state index < -0.39 is 17.5 Å². The molecule has 1 aliphatic rings. The Morgan fingerprint density at radius 1 is 1.24 bits per heavy atom. The van der Waals surface area contributed by atoms with Gasteiger partial charge in [-0.25, -0.2) is 8.91 Å². The van der Waals surface area contributed by atoms with Gasteiger partial charge in [-0.1, -0.05) is 0 Å². The summed E-state index contributed by atoms with van der Waals surface area (Å²) in [5, 5.41) is 21.1. The first kappa shape index (κ1) is 20.9. The number of hydrogen-bond donors (Lipinski definition) is 2. The number of nitrogens with one attached hydrogen (secondary N) is 1. The van der Waals surface area contributed by atoms with E-state index >= 15 is 0 Å². The van der Waals surface area contributed by atoms with Gasteiger partial charge in [0.25, 0.3) is 5.91 Å². The molecule has 4 aromatic rings. The molecule has 1 atom stereocenters. The molecule has 11 heteroatoms. The summed E-state index contributed by atoms with van der Waals surface area (Å²) in [6.45, 7) is 1.05. The molecule has 33 heavy (non-hydrogen) atoms. The van der Waals surface area contributed by atoms with Gasteiger partial charge in [0.05, 0.1) is 31.2 Å². The Bertz CT molecular complexity index is 1360. The third-order valence-corrected chi connectivity index (χ3v) is 5.47. The number of phenolic OH excluding ortho intramolecular Hbond substituents is 1. The first-order valence-electron chi connectivity index (χ1n) is 10.3. The molecule has 170 valence electrons. The molecule has 0 saturated carbocycles. The molecule has 5 rings (SSSR count). The van der Waals surface area contributed by atoms with E-state index in [1.54, 1.807) is 17.1 Å². The summed E-state index contributed by atoms with van der Waals surface area (Å²) in [4.78, 5) is 16.8. The highest BCUT2D eigenvalue weighted by molar-refractivity contribution is 5.96. The van der Waals surface area contributed by atoms with Crippen molar-refractivity contribution in [3.63, 3.8) is 0 Å². The predicted octanol–water partition coefficient (Wildman–Crippen LogP) is 2.17. The Kier molecular flexibility index (Phi) is 5.17. The highest BCUT2D eigenvalue weighted by atomic mass is 19.1. The lowest BCUT2D eigenvalue weighted by Gasteiger charge is -2.15. The quantitative estimate of drug-likeness (QED) is 0.477. The minimum absolute atomic E-state index is 0.000350. The van der Waals surface area contributed by atoms with Gasteiger partial charge in [-0.3, -0.25) is 9.48 Å². The maximum atomic E-state index is 14.9. The fraction of sp³-hybridized carbons (Fsp3) is 0.273. The highest BCUT2D eigenvalue weighted by Gasteiger charge is 2.24. The number of aromatic nitrogens is 5. The second kappa shape index (κ2) is 8.17. The van der Waals surface area contributed by atoms with Crippen LogP contribution in [0.2, 0.25) is 0 Å². The fourth-order valence-corrected chi connectivity index (χ4v) is 3.78. The average Bonchev–Trinajstić information content (AvgIpc) is 3.56. The van der Waals surface area contributed by atoms with Crippen LogP contribution in [0, 0.1) is 5.82 Å². The minimum Gasteiger partial charge on any atom is -0.505 e. The van der Waals surface area contributed by atoms with Crippen LogP contribution in [0.25, 0.3) is 27.9 Å². The maximum Gasteiger partial charge on any atom is 0.251 e. The largest absolute Gasteiger partial charge is 0.505 e. The molecule has 1 aliphatic heterocycles. The number of carbonyl (C=O) groups is 1. The predicted molar refractivity (Wildman–Crippen MR) is 115 cm³/mol. The number of phenols is 1. The van der Waals surface area contributed by atoms with E-state index in [4.69, 9.17) is 9.47 Å². The second-order valence-electron chi connectivity index (χ2n) is 7.73. The monoisotopic (exact) mass is 452 g/mol. The van der Waals surface area contributed by atoms with E-state index in [9.17, 15) is 14.3 Å². The van der Waals surface area contributed by atoms with Crippen LogP contribution in [0.5, 0.6) is 11.6 Å². The lowest BCUT2D eigenvalue weighted by molar-refractivity contribution is 0.0962. The molecule has 0 aliphatic carbocycles. The van der Waals surface area contributed by atoms with Gasteiger partial charge in [-0.15, -0.1) is 0 Å². The van der Waals surface area contributed by atoms with Crippen molar-refractivity contribution in [2.75, 3.05) is 20.3 Å². The molecule has 10 nitrogen and oxygen atoms in total. The van der Waals surface area contributed by atoms with Crippen LogP contribution >= 0.6 is 0 Å². The molecule has 0 radical (unpaired) electrons. The second-order valence-corrected chi connectivity index (χ2v) is 7.73. The topological polar surface area (TPSA) is 116 Å². The summed E-state index contributed by atoms with van der Waals surface area (Å²) >= 11 is 0. The third-order valence-electron chi connectivity index (χ3n) is 5.47. The van der Waals surface area contributed by atoms with E-state index in [1.165, 1.54) is 23.8 Å². The van der Waals surface area contributed by atoms with Crippen molar-refractivity contribution in [1.82, 2.24) is 29.7 Å². The van der Waals surface area contributed by atoms with Gasteiger partial charge in [0.1, 0.15) is 6.10 Å². The Hall–Kier alpha value is -3.99. The summed E-state index contributed by atoms with van der Waals surface area (Å²) in [5.74, 6) is -1.64. The molecule has 0 spiro atoms. The van der Waals surface area contributed by atoms with Crippen LogP contribution in [-0.4, -0.2) is 61.8 Å². The zero-order valence-corrected chi connectivity index (χ0v) is 17.9. The molecule has 1 unspecified atom stereocenters. The summed E-state index contributed by atoms with van der Waals surface area (Å²) in [7, 11) is 3.26. The van der Waals surface area contributed by atoms with E-state index in [0.717, 1.165) is 18.1 Å². The molecule has 1 fully saturated rings. The lowest BCUT2D eigenvalue weighted by Crippen LogP contribution is -2.18. The van der Waals surface area contributed by atoms with Crippen molar-refractivity contribution >= 4 is 11.6 Å². The molecule has 1 aromatic carbocycles. The number of aromatic hydroxyl groups is 1. The zero-order valence-electron chi connectivity index (χ0n) is 17.9. The average molecular weight is 452 g/mol. The molecular weight excluding hydrogens is 431 g/mol. The Balaban J connectivity index is 1.68. The van der Waals surface area contributed by atoms with Gasteiger partial charge in [-0.2, -0.15) is 15.2 Å². The Labute approximate surface area is 187 Å². The third kappa shape index (κ3) is 3.76. The van der Waals surface area contributed by atoms with E-state index in [2.05, 4.69) is 20.5 Å². The number of amides is 1. The van der Waals surface area contributed by atoms with Crippen molar-refractivity contribution < 1.29 is 23.8 Å². The number of nitrogens with zero attached hydrogens (tertiary/aromatic N) is 5. The van der Waals surface area contributed by atoms with Crippen molar-refractivity contribution in [3.8, 4) is 33.9 Å². The normalized spacial score (nSPS) is 15.8. The first-order chi connectivity index (χ1) is 15.9. The van der Waals surface area contributed by atoms with Crippen molar-refractivity contribution in [2.45, 2.75) is 12.5 Å². The summed E-state index contributed by atoms with van der Waals surface area (Å²) in [5.41, 5.74) is 2.17. The Morgan fingerprint density at radius 3 is 2.79 bits per heavy atom. The molecular formula is C22H21FN6O4. The number of carbonyl (C=O) groups excluding carboxylic acids is 1. The summed E-state index contributed by atoms with van der Waals surface area (Å²) in [6, 6.07) is 2.43. The van der Waals surface area contributed by atoms with Crippen LogP contribution in [0.3, 0.4) is 0 Å².